The normalized spacial score (nSPS) is 32.0. The van der Waals surface area contributed by atoms with E-state index in [0.717, 1.165) is 17.7 Å². The number of anilines is 1. The Bertz CT molecular complexity index is 869. The lowest BCUT2D eigenvalue weighted by molar-refractivity contribution is -0.384. The molecule has 4 nitrogen and oxygen atoms in total. The Kier molecular flexibility index (Phi) is 3.14. The fourth-order valence-electron chi connectivity index (χ4n) is 5.62. The molecular formula is C20H19FN2O2. The molecule has 25 heavy (non-hydrogen) atoms. The van der Waals surface area contributed by atoms with Crippen LogP contribution in [0.2, 0.25) is 0 Å². The molecular weight excluding hydrogens is 319 g/mol. The fourth-order valence-corrected chi connectivity index (χ4v) is 5.62. The van der Waals surface area contributed by atoms with Crippen molar-refractivity contribution in [2.45, 2.75) is 31.2 Å². The summed E-state index contributed by atoms with van der Waals surface area (Å²) < 4.78 is 14.5. The first-order valence-electron chi connectivity index (χ1n) is 8.93. The number of halogens is 1. The van der Waals surface area contributed by atoms with Crippen LogP contribution in [-0.2, 0) is 0 Å². The standard InChI is InChI=1S/C20H19FN2O2/c21-16-4-2-1-3-14(16)20-19-12-6-5-11(9-12)18(19)15-10-13(23(24)25)7-8-17(15)22-20/h1-4,7-8,10-12,18-20,22H,5-6,9H2/t11-,12+,18+,19+,20-/m1/s1. The van der Waals surface area contributed by atoms with Gasteiger partial charge in [0, 0.05) is 23.4 Å². The Labute approximate surface area is 145 Å². The number of nitrogens with zero attached hydrogens (tertiary/aromatic N) is 1. The molecule has 128 valence electrons. The van der Waals surface area contributed by atoms with Crippen molar-refractivity contribution in [3.63, 3.8) is 0 Å². The smallest absolute Gasteiger partial charge is 0.269 e. The molecule has 2 bridgehead atoms. The number of nitrogens with one attached hydrogen (secondary N) is 1. The fraction of sp³-hybridized carbons (Fsp3) is 0.400. The molecule has 0 aromatic heterocycles. The Balaban J connectivity index is 1.65. The number of hydrogen-bond donors (Lipinski definition) is 1. The Morgan fingerprint density at radius 3 is 2.68 bits per heavy atom. The highest BCUT2D eigenvalue weighted by Crippen LogP contribution is 2.64. The lowest BCUT2D eigenvalue weighted by atomic mass is 9.68. The van der Waals surface area contributed by atoms with Gasteiger partial charge in [0.15, 0.2) is 0 Å². The molecule has 2 aromatic rings. The van der Waals surface area contributed by atoms with E-state index in [4.69, 9.17) is 0 Å². The number of non-ortho nitro benzene ring substituents is 1. The second-order valence-corrected chi connectivity index (χ2v) is 7.61. The zero-order valence-electron chi connectivity index (χ0n) is 13.7. The molecule has 0 spiro atoms. The third-order valence-corrected chi connectivity index (χ3v) is 6.52. The summed E-state index contributed by atoms with van der Waals surface area (Å²) in [6.45, 7) is 0. The molecule has 2 aliphatic carbocycles. The molecule has 2 saturated carbocycles. The first kappa shape index (κ1) is 14.9. The number of rotatable bonds is 2. The van der Waals surface area contributed by atoms with Crippen LogP contribution in [0.5, 0.6) is 0 Å². The van der Waals surface area contributed by atoms with Gasteiger partial charge < -0.3 is 5.32 Å². The van der Waals surface area contributed by atoms with E-state index in [0.29, 0.717) is 29.2 Å². The molecule has 5 rings (SSSR count). The Morgan fingerprint density at radius 1 is 1.08 bits per heavy atom. The molecule has 3 aliphatic rings. The number of nitro benzene ring substituents is 1. The maximum Gasteiger partial charge on any atom is 0.269 e. The van der Waals surface area contributed by atoms with Crippen LogP contribution in [-0.4, -0.2) is 4.92 Å². The van der Waals surface area contributed by atoms with E-state index in [-0.39, 0.29) is 22.5 Å². The van der Waals surface area contributed by atoms with E-state index in [1.807, 2.05) is 12.1 Å². The summed E-state index contributed by atoms with van der Waals surface area (Å²) in [6.07, 6.45) is 3.52. The van der Waals surface area contributed by atoms with Gasteiger partial charge >= 0.3 is 0 Å². The number of hydrogen-bond acceptors (Lipinski definition) is 3. The van der Waals surface area contributed by atoms with Crippen LogP contribution in [0.25, 0.3) is 0 Å². The summed E-state index contributed by atoms with van der Waals surface area (Å²) in [5.74, 6) is 1.56. The van der Waals surface area contributed by atoms with Gasteiger partial charge in [-0.15, -0.1) is 0 Å². The summed E-state index contributed by atoms with van der Waals surface area (Å²) >= 11 is 0. The second kappa shape index (κ2) is 5.28. The van der Waals surface area contributed by atoms with E-state index >= 15 is 0 Å². The van der Waals surface area contributed by atoms with Crippen molar-refractivity contribution in [2.24, 2.45) is 17.8 Å². The van der Waals surface area contributed by atoms with Gasteiger partial charge in [0.25, 0.3) is 5.69 Å². The highest BCUT2D eigenvalue weighted by molar-refractivity contribution is 5.62. The van der Waals surface area contributed by atoms with Crippen LogP contribution in [0.4, 0.5) is 15.8 Å². The van der Waals surface area contributed by atoms with Gasteiger partial charge in [0.1, 0.15) is 5.82 Å². The van der Waals surface area contributed by atoms with Crippen molar-refractivity contribution in [2.75, 3.05) is 5.32 Å². The van der Waals surface area contributed by atoms with Gasteiger partial charge in [-0.05, 0) is 60.6 Å². The molecule has 2 aromatic carbocycles. The number of fused-ring (bicyclic) bond motifs is 7. The Hall–Kier alpha value is -2.43. The molecule has 5 heteroatoms. The lowest BCUT2D eigenvalue weighted by Crippen LogP contribution is -2.35. The average Bonchev–Trinajstić information content (AvgIpc) is 3.23. The molecule has 5 atom stereocenters. The molecule has 0 radical (unpaired) electrons. The van der Waals surface area contributed by atoms with E-state index in [9.17, 15) is 14.5 Å². The van der Waals surface area contributed by atoms with E-state index < -0.39 is 0 Å². The predicted octanol–water partition coefficient (Wildman–Crippen LogP) is 5.03. The van der Waals surface area contributed by atoms with Crippen molar-refractivity contribution >= 4 is 11.4 Å². The van der Waals surface area contributed by atoms with Crippen molar-refractivity contribution in [1.29, 1.82) is 0 Å². The minimum Gasteiger partial charge on any atom is -0.378 e. The maximum atomic E-state index is 14.5. The van der Waals surface area contributed by atoms with E-state index in [1.54, 1.807) is 18.2 Å². The Morgan fingerprint density at radius 2 is 1.88 bits per heavy atom. The van der Waals surface area contributed by atoms with Gasteiger partial charge in [0.2, 0.25) is 0 Å². The zero-order chi connectivity index (χ0) is 17.1. The summed E-state index contributed by atoms with van der Waals surface area (Å²) in [7, 11) is 0. The highest BCUT2D eigenvalue weighted by atomic mass is 19.1. The van der Waals surface area contributed by atoms with Gasteiger partial charge in [-0.3, -0.25) is 10.1 Å². The molecule has 1 N–H and O–H groups in total. The first-order chi connectivity index (χ1) is 12.1. The summed E-state index contributed by atoms with van der Waals surface area (Å²) in [4.78, 5) is 10.9. The first-order valence-corrected chi connectivity index (χ1v) is 8.93. The summed E-state index contributed by atoms with van der Waals surface area (Å²) in [6, 6.07) is 12.0. The quantitative estimate of drug-likeness (QED) is 0.617. The van der Waals surface area contributed by atoms with Crippen molar-refractivity contribution in [3.8, 4) is 0 Å². The highest BCUT2D eigenvalue weighted by Gasteiger charge is 2.54. The molecule has 1 heterocycles. The maximum absolute atomic E-state index is 14.5. The number of benzene rings is 2. The summed E-state index contributed by atoms with van der Waals surface area (Å²) in [5, 5.41) is 14.7. The lowest BCUT2D eigenvalue weighted by Gasteiger charge is -2.43. The average molecular weight is 338 g/mol. The van der Waals surface area contributed by atoms with Crippen molar-refractivity contribution in [1.82, 2.24) is 0 Å². The molecule has 0 unspecified atom stereocenters. The molecule has 0 saturated heterocycles. The topological polar surface area (TPSA) is 55.2 Å². The third kappa shape index (κ3) is 2.11. The zero-order valence-corrected chi connectivity index (χ0v) is 13.7. The molecule has 0 amide bonds. The van der Waals surface area contributed by atoms with Crippen LogP contribution in [0.3, 0.4) is 0 Å². The van der Waals surface area contributed by atoms with Gasteiger partial charge in [-0.25, -0.2) is 4.39 Å². The monoisotopic (exact) mass is 338 g/mol. The summed E-state index contributed by atoms with van der Waals surface area (Å²) in [5.41, 5.74) is 2.84. The third-order valence-electron chi connectivity index (χ3n) is 6.52. The van der Waals surface area contributed by atoms with Crippen molar-refractivity contribution < 1.29 is 9.31 Å². The second-order valence-electron chi connectivity index (χ2n) is 7.61. The minimum atomic E-state index is -0.328. The van der Waals surface area contributed by atoms with E-state index in [1.165, 1.54) is 25.0 Å². The molecule has 2 fully saturated rings. The van der Waals surface area contributed by atoms with Crippen molar-refractivity contribution in [3.05, 3.63) is 69.5 Å². The van der Waals surface area contributed by atoms with Crippen LogP contribution in [0.15, 0.2) is 42.5 Å². The van der Waals surface area contributed by atoms with Gasteiger partial charge in [-0.2, -0.15) is 0 Å². The SMILES string of the molecule is O=[N+]([O-])c1ccc2c(c1)[C@@H]1[C@@H]3CC[C@@H](C3)[C@@H]1[C@@H](c1ccccc1F)N2. The van der Waals surface area contributed by atoms with Crippen LogP contribution < -0.4 is 5.32 Å². The largest absolute Gasteiger partial charge is 0.378 e. The predicted molar refractivity (Wildman–Crippen MR) is 92.9 cm³/mol. The minimum absolute atomic E-state index is 0.0598. The van der Waals surface area contributed by atoms with Crippen LogP contribution in [0, 0.1) is 33.7 Å². The van der Waals surface area contributed by atoms with Gasteiger partial charge in [-0.1, -0.05) is 18.2 Å². The van der Waals surface area contributed by atoms with Gasteiger partial charge in [0.05, 0.1) is 11.0 Å². The molecule has 1 aliphatic heterocycles. The van der Waals surface area contributed by atoms with E-state index in [2.05, 4.69) is 5.32 Å². The number of nitro groups is 1. The van der Waals surface area contributed by atoms with Crippen LogP contribution >= 0.6 is 0 Å². The van der Waals surface area contributed by atoms with Crippen LogP contribution in [0.1, 0.15) is 42.3 Å².